The summed E-state index contributed by atoms with van der Waals surface area (Å²) in [5, 5.41) is 0. The molecule has 41 valence electrons. The topological polar surface area (TPSA) is 26.0 Å². The van der Waals surface area contributed by atoms with Gasteiger partial charge in [-0.3, -0.25) is 0 Å². The molecule has 0 aliphatic carbocycles. The molecule has 0 aromatic heterocycles. The Morgan fingerprint density at radius 1 is 1.33 bits per heavy atom. The Morgan fingerprint density at radius 2 is 1.50 bits per heavy atom. The average molecular weight is 148 g/mol. The second-order valence-corrected chi connectivity index (χ2v) is 11.9. The molecule has 0 amide bonds. The van der Waals surface area contributed by atoms with E-state index in [0.29, 0.717) is 0 Å². The van der Waals surface area contributed by atoms with Gasteiger partial charge in [0.1, 0.15) is 0 Å². The summed E-state index contributed by atoms with van der Waals surface area (Å²) in [4.78, 5) is 5.34. The second-order valence-electron chi connectivity index (χ2n) is 2.10. The number of rotatable bonds is 1. The fraction of sp³-hybridized carbons (Fsp3) is 1.00. The van der Waals surface area contributed by atoms with E-state index in [1.165, 1.54) is 0 Å². The molecular weight excluding hydrogens is 137 g/mol. The van der Waals surface area contributed by atoms with Crippen molar-refractivity contribution >= 4 is 6.72 Å². The van der Waals surface area contributed by atoms with E-state index in [1.807, 2.05) is 0 Å². The summed E-state index contributed by atoms with van der Waals surface area (Å²) in [6.45, 7) is 5.84. The molecule has 0 atom stereocenters. The van der Waals surface area contributed by atoms with Crippen molar-refractivity contribution in [3.8, 4) is 0 Å². The van der Waals surface area contributed by atoms with Crippen molar-refractivity contribution in [1.29, 1.82) is 0 Å². The Bertz CT molecular complexity index is 40.5. The molecule has 0 aliphatic rings. The molecule has 0 aliphatic heterocycles. The standard InChI is InChI=1S/C3H9Si.Co.H2N/c1-4(2)3;;/h1-3H3;;1H2/q;+1;-1. The third-order valence-corrected chi connectivity index (χ3v) is 3.57. The van der Waals surface area contributed by atoms with Gasteiger partial charge in [-0.2, -0.15) is 0 Å². The van der Waals surface area contributed by atoms with Gasteiger partial charge in [-0.05, 0) is 0 Å². The van der Waals surface area contributed by atoms with Crippen molar-refractivity contribution in [2.24, 2.45) is 4.78 Å². The molecule has 0 bridgehead atoms. The van der Waals surface area contributed by atoms with Gasteiger partial charge in [-0.15, -0.1) is 0 Å². The number of nitrogens with two attached hydrogens (primary N) is 1. The SMILES string of the molecule is C[Si](C)(C)[Co][NH2]. The maximum atomic E-state index is 5.34. The van der Waals surface area contributed by atoms with Crippen LogP contribution in [0.4, 0.5) is 0 Å². The first kappa shape index (κ1) is 6.68. The van der Waals surface area contributed by atoms with Crippen molar-refractivity contribution in [2.45, 2.75) is 19.6 Å². The minimum atomic E-state index is -0.885. The molecule has 0 heterocycles. The first-order valence-electron chi connectivity index (χ1n) is 1.86. The third kappa shape index (κ3) is 4.68. The summed E-state index contributed by atoms with van der Waals surface area (Å²) < 4.78 is 0. The molecule has 0 rings (SSSR count). The van der Waals surface area contributed by atoms with Gasteiger partial charge in [-0.1, -0.05) is 0 Å². The van der Waals surface area contributed by atoms with Gasteiger partial charge in [0, 0.05) is 0 Å². The number of hydrogen-bond acceptors (Lipinski definition) is 1. The van der Waals surface area contributed by atoms with Crippen LogP contribution >= 0.6 is 0 Å². The van der Waals surface area contributed by atoms with Crippen LogP contribution in [0.3, 0.4) is 0 Å². The average Bonchev–Trinajstić information content (AvgIpc) is 1.35. The Labute approximate surface area is 46.0 Å². The quantitative estimate of drug-likeness (QED) is 0.546. The maximum absolute atomic E-state index is 5.34. The third-order valence-electron chi connectivity index (χ3n) is 0.289. The summed E-state index contributed by atoms with van der Waals surface area (Å²) in [6, 6.07) is 0. The molecule has 2 N–H and O–H groups in total. The van der Waals surface area contributed by atoms with Gasteiger partial charge >= 0.3 is 45.4 Å². The Hall–Kier alpha value is 0.683. The van der Waals surface area contributed by atoms with Crippen LogP contribution in [-0.4, -0.2) is 6.72 Å². The van der Waals surface area contributed by atoms with Gasteiger partial charge in [0.2, 0.25) is 0 Å². The van der Waals surface area contributed by atoms with Gasteiger partial charge in [0.05, 0.1) is 0 Å². The van der Waals surface area contributed by atoms with Crippen LogP contribution in [0, 0.1) is 0 Å². The molecule has 0 fully saturated rings. The summed E-state index contributed by atoms with van der Waals surface area (Å²) in [7, 11) is 0. The molecule has 6 heavy (non-hydrogen) atoms. The molecule has 0 aromatic rings. The van der Waals surface area contributed by atoms with E-state index in [4.69, 9.17) is 4.78 Å². The van der Waals surface area contributed by atoms with E-state index >= 15 is 0 Å². The Balaban J connectivity index is 3.17. The first-order chi connectivity index (χ1) is 2.56. The van der Waals surface area contributed by atoms with Crippen LogP contribution in [0.2, 0.25) is 19.6 Å². The van der Waals surface area contributed by atoms with Crippen LogP contribution in [0.5, 0.6) is 0 Å². The van der Waals surface area contributed by atoms with Gasteiger partial charge in [-0.25, -0.2) is 0 Å². The van der Waals surface area contributed by atoms with Crippen molar-refractivity contribution in [3.63, 3.8) is 0 Å². The Morgan fingerprint density at radius 3 is 1.50 bits per heavy atom. The summed E-state index contributed by atoms with van der Waals surface area (Å²) in [5.74, 6) is 0. The molecule has 0 radical (unpaired) electrons. The fourth-order valence-corrected chi connectivity index (χ4v) is 0. The zero-order valence-corrected chi connectivity index (χ0v) is 6.45. The van der Waals surface area contributed by atoms with Crippen LogP contribution in [0.1, 0.15) is 0 Å². The van der Waals surface area contributed by atoms with Crippen molar-refractivity contribution in [3.05, 3.63) is 0 Å². The van der Waals surface area contributed by atoms with E-state index in [1.54, 1.807) is 0 Å². The molecule has 0 aromatic carbocycles. The zero-order chi connectivity index (χ0) is 5.21. The predicted molar refractivity (Wildman–Crippen MR) is 27.5 cm³/mol. The molecule has 0 spiro atoms. The van der Waals surface area contributed by atoms with Gasteiger partial charge < -0.3 is 0 Å². The van der Waals surface area contributed by atoms with E-state index in [2.05, 4.69) is 19.6 Å². The molecule has 1 nitrogen and oxygen atoms in total. The van der Waals surface area contributed by atoms with Crippen LogP contribution in [-0.2, 0) is 14.3 Å². The molecule has 3 heteroatoms. The number of hydrogen-bond donors (Lipinski definition) is 1. The van der Waals surface area contributed by atoms with Gasteiger partial charge in [0.15, 0.2) is 0 Å². The summed E-state index contributed by atoms with van der Waals surface area (Å²) in [6.07, 6.45) is 0. The predicted octanol–water partition coefficient (Wildman–Crippen LogP) is 0.777. The molecular formula is C3H11CoNSi. The molecule has 0 unspecified atom stereocenters. The zero-order valence-electron chi connectivity index (χ0n) is 4.41. The monoisotopic (exact) mass is 148 g/mol. The van der Waals surface area contributed by atoms with E-state index in [9.17, 15) is 0 Å². The van der Waals surface area contributed by atoms with E-state index < -0.39 is 6.72 Å². The van der Waals surface area contributed by atoms with Crippen LogP contribution in [0.15, 0.2) is 0 Å². The summed E-state index contributed by atoms with van der Waals surface area (Å²) >= 11 is 1.14. The van der Waals surface area contributed by atoms with Crippen molar-refractivity contribution in [1.82, 2.24) is 0 Å². The minimum absolute atomic E-state index is 0.885. The van der Waals surface area contributed by atoms with E-state index in [0.717, 1.165) is 14.3 Å². The van der Waals surface area contributed by atoms with Crippen LogP contribution in [0.25, 0.3) is 0 Å². The molecule has 0 saturated carbocycles. The normalized spacial score (nSPS) is 12.7. The second kappa shape index (κ2) is 2.11. The van der Waals surface area contributed by atoms with Crippen molar-refractivity contribution in [2.75, 3.05) is 0 Å². The molecule has 0 saturated heterocycles. The summed E-state index contributed by atoms with van der Waals surface area (Å²) in [5.41, 5.74) is 0. The first-order valence-corrected chi connectivity index (χ1v) is 7.36. The van der Waals surface area contributed by atoms with Crippen LogP contribution < -0.4 is 4.78 Å². The van der Waals surface area contributed by atoms with Gasteiger partial charge in [0.25, 0.3) is 0 Å². The fourth-order valence-electron chi connectivity index (χ4n) is 0. The van der Waals surface area contributed by atoms with E-state index in [-0.39, 0.29) is 0 Å². The Kier molecular flexibility index (Phi) is 2.35. The van der Waals surface area contributed by atoms with Crippen molar-refractivity contribution < 1.29 is 14.3 Å².